The first-order chi connectivity index (χ1) is 9.60. The summed E-state index contributed by atoms with van der Waals surface area (Å²) in [4.78, 5) is 18.3. The molecule has 0 unspecified atom stereocenters. The average Bonchev–Trinajstić information content (AvgIpc) is 2.75. The van der Waals surface area contributed by atoms with Crippen LogP contribution in [-0.4, -0.2) is 38.9 Å². The second-order valence-electron chi connectivity index (χ2n) is 4.22. The quantitative estimate of drug-likeness (QED) is 0.482. The predicted octanol–water partition coefficient (Wildman–Crippen LogP) is 1.93. The molecule has 2 rings (SSSR count). The lowest BCUT2D eigenvalue weighted by Gasteiger charge is -2.18. The van der Waals surface area contributed by atoms with E-state index >= 15 is 0 Å². The molecule has 1 aromatic heterocycles. The van der Waals surface area contributed by atoms with Crippen LogP contribution < -0.4 is 0 Å². The molecule has 1 aliphatic rings. The first-order valence-corrected chi connectivity index (χ1v) is 6.46. The monoisotopic (exact) mass is 295 g/mol. The van der Waals surface area contributed by atoms with Gasteiger partial charge in [-0.1, -0.05) is 23.7 Å². The molecule has 7 nitrogen and oxygen atoms in total. The Morgan fingerprint density at radius 1 is 1.55 bits per heavy atom. The number of halogens is 1. The van der Waals surface area contributed by atoms with Gasteiger partial charge < -0.3 is 9.80 Å². The summed E-state index contributed by atoms with van der Waals surface area (Å²) in [5.41, 5.74) is 0.924. The molecule has 2 heterocycles. The summed E-state index contributed by atoms with van der Waals surface area (Å²) in [7, 11) is 0. The molecule has 0 bridgehead atoms. The molecule has 1 aliphatic heterocycles. The average molecular weight is 296 g/mol. The van der Waals surface area contributed by atoms with Gasteiger partial charge in [0.25, 0.3) is 5.96 Å². The number of aromatic nitrogens is 1. The van der Waals surface area contributed by atoms with E-state index in [1.807, 2.05) is 24.0 Å². The number of pyridine rings is 1. The van der Waals surface area contributed by atoms with Crippen LogP contribution >= 0.6 is 11.6 Å². The van der Waals surface area contributed by atoms with Gasteiger partial charge >= 0.3 is 0 Å². The van der Waals surface area contributed by atoms with Gasteiger partial charge in [-0.25, -0.2) is 15.1 Å². The second kappa shape index (κ2) is 6.33. The number of nitro groups is 1. The Labute approximate surface area is 121 Å². The van der Waals surface area contributed by atoms with Crippen LogP contribution in [0.4, 0.5) is 0 Å². The zero-order valence-electron chi connectivity index (χ0n) is 10.9. The van der Waals surface area contributed by atoms with Crippen molar-refractivity contribution in [3.05, 3.63) is 51.4 Å². The molecule has 1 saturated heterocycles. The van der Waals surface area contributed by atoms with E-state index in [0.29, 0.717) is 30.7 Å². The van der Waals surface area contributed by atoms with Crippen molar-refractivity contribution in [2.75, 3.05) is 13.1 Å². The molecule has 0 spiro atoms. The van der Waals surface area contributed by atoms with E-state index in [2.05, 4.69) is 10.1 Å². The molecule has 0 saturated carbocycles. The highest BCUT2D eigenvalue weighted by Crippen LogP contribution is 2.15. The van der Waals surface area contributed by atoms with Crippen molar-refractivity contribution in [1.82, 2.24) is 14.8 Å². The molecule has 20 heavy (non-hydrogen) atoms. The summed E-state index contributed by atoms with van der Waals surface area (Å²) < 4.78 is 0. The first kappa shape index (κ1) is 14.3. The summed E-state index contributed by atoms with van der Waals surface area (Å²) in [5, 5.41) is 13.9. The van der Waals surface area contributed by atoms with Gasteiger partial charge in [-0.2, -0.15) is 0 Å². The van der Waals surface area contributed by atoms with Crippen LogP contribution in [0.25, 0.3) is 0 Å². The van der Waals surface area contributed by atoms with E-state index < -0.39 is 5.03 Å². The third kappa shape index (κ3) is 3.45. The molecule has 1 fully saturated rings. The van der Waals surface area contributed by atoms with Gasteiger partial charge in [0.15, 0.2) is 5.03 Å². The summed E-state index contributed by atoms with van der Waals surface area (Å²) in [5.74, 6) is 0.336. The Morgan fingerprint density at radius 2 is 2.35 bits per heavy atom. The van der Waals surface area contributed by atoms with Crippen molar-refractivity contribution in [2.45, 2.75) is 13.5 Å². The topological polar surface area (TPSA) is 74.9 Å². The maximum atomic E-state index is 10.7. The first-order valence-electron chi connectivity index (χ1n) is 6.08. The van der Waals surface area contributed by atoms with Gasteiger partial charge in [0, 0.05) is 32.0 Å². The third-order valence-electron chi connectivity index (χ3n) is 2.81. The fourth-order valence-corrected chi connectivity index (χ4v) is 2.11. The highest BCUT2D eigenvalue weighted by atomic mass is 35.5. The van der Waals surface area contributed by atoms with E-state index in [9.17, 15) is 10.1 Å². The molecule has 0 amide bonds. The molecule has 106 valence electrons. The maximum absolute atomic E-state index is 10.7. The number of hydrazone groups is 1. The van der Waals surface area contributed by atoms with Crippen molar-refractivity contribution in [2.24, 2.45) is 5.10 Å². The number of rotatable bonds is 4. The lowest BCUT2D eigenvalue weighted by molar-refractivity contribution is -0.486. The summed E-state index contributed by atoms with van der Waals surface area (Å²) in [6.07, 6.45) is 5.26. The number of allylic oxidation sites excluding steroid dienone is 1. The minimum absolute atomic E-state index is 0.336. The van der Waals surface area contributed by atoms with E-state index in [1.54, 1.807) is 23.4 Å². The van der Waals surface area contributed by atoms with Gasteiger partial charge in [0.2, 0.25) is 0 Å². The lowest BCUT2D eigenvalue weighted by Crippen LogP contribution is -2.31. The molecule has 8 heteroatoms. The Hall–Kier alpha value is -2.15. The molecule has 0 N–H and O–H groups in total. The van der Waals surface area contributed by atoms with E-state index in [0.717, 1.165) is 5.56 Å². The van der Waals surface area contributed by atoms with Crippen molar-refractivity contribution in [1.29, 1.82) is 0 Å². The summed E-state index contributed by atoms with van der Waals surface area (Å²) >= 11 is 5.74. The molecule has 0 atom stereocenters. The fraction of sp³-hybridized carbons (Fsp3) is 0.333. The Morgan fingerprint density at radius 3 is 2.95 bits per heavy atom. The highest BCUT2D eigenvalue weighted by molar-refractivity contribution is 6.29. The minimum atomic E-state index is -0.676. The standard InChI is InChI=1S/C12H14ClN5O2/c1-2-5-16-6-7-17(12(16)15-18(19)20)9-10-3-4-11(13)14-8-10/h2-5,8H,6-7,9H2,1H3. The smallest absolute Gasteiger partial charge is 0.278 e. The van der Waals surface area contributed by atoms with Crippen LogP contribution in [0.15, 0.2) is 35.7 Å². The van der Waals surface area contributed by atoms with Crippen LogP contribution in [0.3, 0.4) is 0 Å². The van der Waals surface area contributed by atoms with Gasteiger partial charge in [0.1, 0.15) is 10.3 Å². The van der Waals surface area contributed by atoms with E-state index in [1.165, 1.54) is 0 Å². The van der Waals surface area contributed by atoms with Crippen LogP contribution in [0.5, 0.6) is 0 Å². The maximum Gasteiger partial charge on any atom is 0.278 e. The van der Waals surface area contributed by atoms with Gasteiger partial charge in [-0.05, 0) is 18.6 Å². The minimum Gasteiger partial charge on any atom is -0.331 e. The molecule has 0 aliphatic carbocycles. The van der Waals surface area contributed by atoms with E-state index in [-0.39, 0.29) is 0 Å². The van der Waals surface area contributed by atoms with Crippen molar-refractivity contribution < 1.29 is 5.03 Å². The lowest BCUT2D eigenvalue weighted by atomic mass is 10.3. The van der Waals surface area contributed by atoms with E-state index in [4.69, 9.17) is 11.6 Å². The van der Waals surface area contributed by atoms with Gasteiger partial charge in [-0.3, -0.25) is 0 Å². The number of hydrogen-bond acceptors (Lipinski definition) is 3. The molecular formula is C12H14ClN5O2. The Balaban J connectivity index is 2.17. The molecule has 1 aromatic rings. The Kier molecular flexibility index (Phi) is 4.52. The SMILES string of the molecule is CC=CN1CCN(Cc2ccc(Cl)nc2)C1=N[N+](=O)[O-]. The zero-order valence-corrected chi connectivity index (χ0v) is 11.7. The molecular weight excluding hydrogens is 282 g/mol. The van der Waals surface area contributed by atoms with Crippen molar-refractivity contribution in [3.63, 3.8) is 0 Å². The van der Waals surface area contributed by atoms with Crippen LogP contribution in [0, 0.1) is 10.1 Å². The largest absolute Gasteiger partial charge is 0.331 e. The molecule has 0 radical (unpaired) electrons. The molecule has 0 aromatic carbocycles. The highest BCUT2D eigenvalue weighted by Gasteiger charge is 2.28. The van der Waals surface area contributed by atoms with Crippen molar-refractivity contribution >= 4 is 17.6 Å². The van der Waals surface area contributed by atoms with Crippen LogP contribution in [-0.2, 0) is 6.54 Å². The number of nitrogens with zero attached hydrogens (tertiary/aromatic N) is 5. The number of hydrogen-bond donors (Lipinski definition) is 0. The van der Waals surface area contributed by atoms with Crippen LogP contribution in [0.2, 0.25) is 5.15 Å². The summed E-state index contributed by atoms with van der Waals surface area (Å²) in [6.45, 7) is 3.69. The predicted molar refractivity (Wildman–Crippen MR) is 75.6 cm³/mol. The van der Waals surface area contributed by atoms with Gasteiger partial charge in [0.05, 0.1) is 0 Å². The number of guanidine groups is 1. The van der Waals surface area contributed by atoms with Crippen LogP contribution in [0.1, 0.15) is 12.5 Å². The summed E-state index contributed by atoms with van der Waals surface area (Å²) in [6, 6.07) is 3.54. The zero-order chi connectivity index (χ0) is 14.5. The normalized spacial score (nSPS) is 17.4. The van der Waals surface area contributed by atoms with Gasteiger partial charge in [-0.15, -0.1) is 0 Å². The fourth-order valence-electron chi connectivity index (χ4n) is 2.00. The Bertz CT molecular complexity index is 543. The third-order valence-corrected chi connectivity index (χ3v) is 3.04. The second-order valence-corrected chi connectivity index (χ2v) is 4.61. The van der Waals surface area contributed by atoms with Crippen molar-refractivity contribution in [3.8, 4) is 0 Å².